The van der Waals surface area contributed by atoms with Crippen LogP contribution in [-0.2, 0) is 11.3 Å². The highest BCUT2D eigenvalue weighted by Crippen LogP contribution is 2.29. The van der Waals surface area contributed by atoms with Gasteiger partial charge in [0.1, 0.15) is 11.5 Å². The van der Waals surface area contributed by atoms with E-state index < -0.39 is 6.04 Å². The van der Waals surface area contributed by atoms with Gasteiger partial charge in [-0.2, -0.15) is 0 Å². The van der Waals surface area contributed by atoms with Crippen LogP contribution >= 0.6 is 0 Å². The number of hydrogen-bond donors (Lipinski definition) is 3. The fourth-order valence-corrected chi connectivity index (χ4v) is 6.48. The van der Waals surface area contributed by atoms with Crippen LogP contribution in [0.5, 0.6) is 11.5 Å². The minimum Gasteiger partial charge on any atom is -0.497 e. The van der Waals surface area contributed by atoms with Crippen LogP contribution in [0.15, 0.2) is 42.5 Å². The first kappa shape index (κ1) is 36.5. The predicted octanol–water partition coefficient (Wildman–Crippen LogP) is 6.08. The number of anilines is 1. The number of amides is 3. The van der Waals surface area contributed by atoms with Crippen molar-refractivity contribution in [3.05, 3.63) is 53.6 Å². The highest BCUT2D eigenvalue weighted by molar-refractivity contribution is 5.99. The average Bonchev–Trinajstić information content (AvgIpc) is 3.06. The van der Waals surface area contributed by atoms with Crippen molar-refractivity contribution >= 4 is 17.6 Å². The number of nitrogens with one attached hydrogen (secondary N) is 2. The number of aliphatic hydroxyl groups is 1. The Balaban J connectivity index is 1.55. The second-order valence-corrected chi connectivity index (χ2v) is 13.5. The first-order chi connectivity index (χ1) is 22.7. The van der Waals surface area contributed by atoms with Crippen LogP contribution in [0.25, 0.3) is 0 Å². The summed E-state index contributed by atoms with van der Waals surface area (Å²) in [7, 11) is 3.75. The Kier molecular flexibility index (Phi) is 14.2. The molecule has 4 atom stereocenters. The number of fused-ring (bicyclic) bond motifs is 1. The number of benzene rings is 2. The third-order valence-electron chi connectivity index (χ3n) is 9.35. The third-order valence-corrected chi connectivity index (χ3v) is 9.35. The van der Waals surface area contributed by atoms with Gasteiger partial charge in [-0.05, 0) is 88.9 Å². The molecular weight excluding hydrogens is 596 g/mol. The zero-order valence-electron chi connectivity index (χ0n) is 29.0. The van der Waals surface area contributed by atoms with Gasteiger partial charge >= 0.3 is 6.03 Å². The molecule has 2 aromatic carbocycles. The summed E-state index contributed by atoms with van der Waals surface area (Å²) in [5.41, 5.74) is 2.06. The molecule has 1 heterocycles. The highest BCUT2D eigenvalue weighted by atomic mass is 16.5. The molecule has 10 nitrogen and oxygen atoms in total. The van der Waals surface area contributed by atoms with Gasteiger partial charge in [-0.1, -0.05) is 38.3 Å². The summed E-state index contributed by atoms with van der Waals surface area (Å²) < 4.78 is 18.2. The predicted molar refractivity (Wildman–Crippen MR) is 185 cm³/mol. The number of likely N-dealkylation sites (N-methyl/N-ethyl adjacent to an activating group) is 1. The van der Waals surface area contributed by atoms with Crippen molar-refractivity contribution in [1.29, 1.82) is 0 Å². The van der Waals surface area contributed by atoms with Crippen molar-refractivity contribution in [1.82, 2.24) is 15.1 Å². The van der Waals surface area contributed by atoms with Gasteiger partial charge in [0.05, 0.1) is 37.5 Å². The Morgan fingerprint density at radius 3 is 2.49 bits per heavy atom. The number of urea groups is 1. The van der Waals surface area contributed by atoms with Crippen LogP contribution in [-0.4, -0.2) is 91.6 Å². The minimum atomic E-state index is -0.438. The summed E-state index contributed by atoms with van der Waals surface area (Å²) in [5.74, 6) is 1.03. The Labute approximate surface area is 281 Å². The maximum absolute atomic E-state index is 14.4. The lowest BCUT2D eigenvalue weighted by molar-refractivity contribution is -0.0177. The first-order valence-electron chi connectivity index (χ1n) is 17.4. The quantitative estimate of drug-likeness (QED) is 0.301. The van der Waals surface area contributed by atoms with E-state index in [1.165, 1.54) is 12.0 Å². The lowest BCUT2D eigenvalue weighted by Crippen LogP contribution is -2.47. The molecule has 0 spiro atoms. The SMILES string of the molecule is COc1ccc(CN(C)C[C@@H]2OCCCC[C@@H](C)Oc3ccc(NC(=O)NC4CCCCC4)cc3C(=O)N([C@@H](C)CO)C[C@H]2C)cc1. The number of carbonyl (C=O) groups is 2. The third kappa shape index (κ3) is 11.1. The van der Waals surface area contributed by atoms with E-state index in [9.17, 15) is 14.7 Å². The molecule has 0 radical (unpaired) electrons. The molecule has 10 heteroatoms. The number of methoxy groups -OCH3 is 1. The lowest BCUT2D eigenvalue weighted by atomic mass is 9.96. The number of aliphatic hydroxyl groups excluding tert-OH is 1. The molecule has 1 saturated carbocycles. The topological polar surface area (TPSA) is 113 Å². The molecule has 0 saturated heterocycles. The zero-order valence-corrected chi connectivity index (χ0v) is 29.0. The molecule has 1 aliphatic carbocycles. The minimum absolute atomic E-state index is 0.0277. The zero-order chi connectivity index (χ0) is 33.8. The van der Waals surface area contributed by atoms with Gasteiger partial charge in [-0.3, -0.25) is 9.69 Å². The van der Waals surface area contributed by atoms with Crippen LogP contribution in [0, 0.1) is 5.92 Å². The van der Waals surface area contributed by atoms with Gasteiger partial charge in [0.2, 0.25) is 0 Å². The molecule has 47 heavy (non-hydrogen) atoms. The van der Waals surface area contributed by atoms with Gasteiger partial charge in [-0.25, -0.2) is 4.79 Å². The Morgan fingerprint density at radius 2 is 1.79 bits per heavy atom. The molecule has 2 aromatic rings. The Hall–Kier alpha value is -3.34. The fourth-order valence-electron chi connectivity index (χ4n) is 6.48. The van der Waals surface area contributed by atoms with Gasteiger partial charge in [-0.15, -0.1) is 0 Å². The summed E-state index contributed by atoms with van der Waals surface area (Å²) in [4.78, 5) is 31.2. The van der Waals surface area contributed by atoms with Gasteiger partial charge in [0.15, 0.2) is 0 Å². The normalized spacial score (nSPS) is 22.5. The number of ether oxygens (including phenoxy) is 3. The molecular formula is C37H56N4O6. The monoisotopic (exact) mass is 652 g/mol. The lowest BCUT2D eigenvalue weighted by Gasteiger charge is -2.36. The first-order valence-corrected chi connectivity index (χ1v) is 17.4. The molecule has 0 bridgehead atoms. The Bertz CT molecular complexity index is 1270. The summed E-state index contributed by atoms with van der Waals surface area (Å²) in [6.45, 7) is 8.22. The van der Waals surface area contributed by atoms with Crippen LogP contribution in [0.2, 0.25) is 0 Å². The number of rotatable bonds is 9. The van der Waals surface area contributed by atoms with Gasteiger partial charge in [0.25, 0.3) is 5.91 Å². The van der Waals surface area contributed by atoms with E-state index in [-0.39, 0.29) is 42.7 Å². The van der Waals surface area contributed by atoms with Crippen molar-refractivity contribution in [2.24, 2.45) is 5.92 Å². The van der Waals surface area contributed by atoms with Crippen LogP contribution in [0.4, 0.5) is 10.5 Å². The van der Waals surface area contributed by atoms with Crippen molar-refractivity contribution in [2.45, 2.75) is 103 Å². The maximum Gasteiger partial charge on any atom is 0.319 e. The van der Waals surface area contributed by atoms with Crippen molar-refractivity contribution in [3.8, 4) is 11.5 Å². The molecule has 1 aliphatic heterocycles. The summed E-state index contributed by atoms with van der Waals surface area (Å²) in [6, 6.07) is 12.8. The van der Waals surface area contributed by atoms with Crippen molar-refractivity contribution in [2.75, 3.05) is 45.8 Å². The molecule has 3 N–H and O–H groups in total. The number of carbonyl (C=O) groups excluding carboxylic acids is 2. The molecule has 2 aliphatic rings. The smallest absolute Gasteiger partial charge is 0.319 e. The fraction of sp³-hybridized carbons (Fsp3) is 0.622. The van der Waals surface area contributed by atoms with E-state index in [4.69, 9.17) is 14.2 Å². The molecule has 4 rings (SSSR count). The van der Waals surface area contributed by atoms with E-state index in [2.05, 4.69) is 41.6 Å². The summed E-state index contributed by atoms with van der Waals surface area (Å²) >= 11 is 0. The highest BCUT2D eigenvalue weighted by Gasteiger charge is 2.30. The second-order valence-electron chi connectivity index (χ2n) is 13.5. The van der Waals surface area contributed by atoms with Crippen LogP contribution < -0.4 is 20.1 Å². The van der Waals surface area contributed by atoms with Crippen molar-refractivity contribution < 1.29 is 28.9 Å². The van der Waals surface area contributed by atoms with E-state index in [0.29, 0.717) is 36.7 Å². The van der Waals surface area contributed by atoms with E-state index in [1.54, 1.807) is 30.2 Å². The van der Waals surface area contributed by atoms with E-state index in [1.807, 2.05) is 26.0 Å². The van der Waals surface area contributed by atoms with Gasteiger partial charge in [0, 0.05) is 43.9 Å². The molecule has 3 amide bonds. The molecule has 1 fully saturated rings. The summed E-state index contributed by atoms with van der Waals surface area (Å²) in [5, 5.41) is 16.3. The van der Waals surface area contributed by atoms with Crippen molar-refractivity contribution in [3.63, 3.8) is 0 Å². The second kappa shape index (κ2) is 18.3. The average molecular weight is 653 g/mol. The molecule has 260 valence electrons. The van der Waals surface area contributed by atoms with E-state index >= 15 is 0 Å². The van der Waals surface area contributed by atoms with Gasteiger partial charge < -0.3 is 34.9 Å². The van der Waals surface area contributed by atoms with Crippen LogP contribution in [0.1, 0.15) is 88.1 Å². The standard InChI is InChI=1S/C37H56N4O6/c1-26-22-41(27(2)25-42)36(43)33-21-31(39-37(44)38-30-12-7-6-8-13-30)16-19-34(33)47-28(3)11-9-10-20-46-35(26)24-40(4)23-29-14-17-32(45-5)18-15-29/h14-19,21,26-28,30,35,42H,6-13,20,22-25H2,1-5H3,(H2,38,39,44)/t26-,27+,28-,35+/m1/s1. The maximum atomic E-state index is 14.4. The summed E-state index contributed by atoms with van der Waals surface area (Å²) in [6.07, 6.45) is 7.81. The number of hydrogen-bond acceptors (Lipinski definition) is 7. The Morgan fingerprint density at radius 1 is 1.06 bits per heavy atom. The van der Waals surface area contributed by atoms with E-state index in [0.717, 1.165) is 57.2 Å². The number of nitrogens with zero attached hydrogens (tertiary/aromatic N) is 2. The molecule has 0 aromatic heterocycles. The van der Waals surface area contributed by atoms with Crippen LogP contribution in [0.3, 0.4) is 0 Å². The largest absolute Gasteiger partial charge is 0.497 e. The molecule has 0 unspecified atom stereocenters.